The number of rotatable bonds is 19. The number of methoxy groups -OCH3 is 2. The van der Waals surface area contributed by atoms with Crippen molar-refractivity contribution in [3.05, 3.63) is 119 Å². The van der Waals surface area contributed by atoms with Crippen molar-refractivity contribution >= 4 is 59.1 Å². The molecular formula is C60H75N7O8S. The number of benzene rings is 4. The van der Waals surface area contributed by atoms with Crippen LogP contribution in [0.4, 0.5) is 28.4 Å². The van der Waals surface area contributed by atoms with Crippen LogP contribution in [0, 0.1) is 0 Å². The van der Waals surface area contributed by atoms with Crippen LogP contribution in [-0.4, -0.2) is 96.2 Å². The van der Waals surface area contributed by atoms with Crippen LogP contribution in [0.1, 0.15) is 125 Å². The van der Waals surface area contributed by atoms with E-state index in [1.165, 1.54) is 0 Å². The number of ether oxygens (including phenoxy) is 6. The number of nitrogens with one attached hydrogen (secondary N) is 1. The normalized spacial score (nSPS) is 17.8. The molecule has 0 spiro atoms. The van der Waals surface area contributed by atoms with Gasteiger partial charge in [-0.1, -0.05) is 50.2 Å². The number of nitrogens with two attached hydrogens (primary N) is 1. The third-order valence-corrected chi connectivity index (χ3v) is 14.6. The van der Waals surface area contributed by atoms with Gasteiger partial charge in [0, 0.05) is 65.1 Å². The van der Waals surface area contributed by atoms with E-state index in [-0.39, 0.29) is 41.9 Å². The van der Waals surface area contributed by atoms with E-state index in [4.69, 9.17) is 56.8 Å². The van der Waals surface area contributed by atoms with E-state index >= 15 is 0 Å². The molecule has 3 atom stereocenters. The summed E-state index contributed by atoms with van der Waals surface area (Å²) in [5.41, 5.74) is 12.4. The molecule has 0 saturated heterocycles. The fraction of sp³-hybridized carbons (Fsp3) is 0.467. The number of carbonyl (C=O) groups is 2. The highest BCUT2D eigenvalue weighted by atomic mass is 32.1. The van der Waals surface area contributed by atoms with Gasteiger partial charge in [0.05, 0.1) is 84.5 Å². The molecule has 9 rings (SSSR count). The minimum Gasteiger partial charge on any atom is -0.493 e. The number of aliphatic imine (C=N–C) groups is 1. The van der Waals surface area contributed by atoms with Gasteiger partial charge in [0.1, 0.15) is 18.9 Å². The zero-order valence-corrected chi connectivity index (χ0v) is 47.1. The Morgan fingerprint density at radius 3 is 1.91 bits per heavy atom. The summed E-state index contributed by atoms with van der Waals surface area (Å²) in [5.74, 6) is 1.40. The van der Waals surface area contributed by atoms with Crippen LogP contribution in [0.25, 0.3) is 0 Å². The molecule has 15 nitrogen and oxygen atoms in total. The second-order valence-corrected chi connectivity index (χ2v) is 24.8. The summed E-state index contributed by atoms with van der Waals surface area (Å²) >= 11 is 4.75. The van der Waals surface area contributed by atoms with Crippen LogP contribution < -0.4 is 44.7 Å². The van der Waals surface area contributed by atoms with Gasteiger partial charge in [0.2, 0.25) is 0 Å². The van der Waals surface area contributed by atoms with Crippen LogP contribution in [0.3, 0.4) is 0 Å². The second kappa shape index (κ2) is 20.9. The largest absolute Gasteiger partial charge is 0.493 e. The molecule has 2 amide bonds. The van der Waals surface area contributed by atoms with Crippen molar-refractivity contribution < 1.29 is 38.0 Å². The first kappa shape index (κ1) is 54.5. The van der Waals surface area contributed by atoms with Gasteiger partial charge in [-0.2, -0.15) is 12.6 Å². The number of para-hydroxylation sites is 2. The van der Waals surface area contributed by atoms with Crippen molar-refractivity contribution in [1.82, 2.24) is 4.98 Å². The Labute approximate surface area is 453 Å². The summed E-state index contributed by atoms with van der Waals surface area (Å²) in [6.07, 6.45) is 4.44. The fourth-order valence-corrected chi connectivity index (χ4v) is 11.7. The number of hydrogen-bond acceptors (Lipinski definition) is 14. The van der Waals surface area contributed by atoms with Crippen molar-refractivity contribution in [2.24, 2.45) is 10.7 Å². The first-order valence-corrected chi connectivity index (χ1v) is 26.7. The standard InChI is InChI=1S/C60H75N7O8S/c1-56(2,3)75-36-58(6,7)67(57(4,5)21-22-74-60(10,61)35-59(8,9)76)41-25-39(33-72-52-29-46-44(27-50(52)70-11)54(68)65-42(31-62-46)23-37-17-13-15-19-48(37)65)64-40(26-41)34-73-53-30-47-45(28-51(53)71-12)55(69)66-43(32-63-47)24-38-18-14-16-20-49(38)66/h13-20,25-31,42-43,63,76H,21-24,32-36,61H2,1-12H3/t42-,43-,60?/m0/s1. The molecule has 1 aromatic heterocycles. The zero-order chi connectivity index (χ0) is 54.5. The predicted molar refractivity (Wildman–Crippen MR) is 304 cm³/mol. The van der Waals surface area contributed by atoms with Crippen LogP contribution >= 0.6 is 12.6 Å². The lowest BCUT2D eigenvalue weighted by Crippen LogP contribution is -2.59. The van der Waals surface area contributed by atoms with Gasteiger partial charge in [-0.05, 0) is 116 Å². The molecule has 4 aliphatic heterocycles. The highest BCUT2D eigenvalue weighted by Crippen LogP contribution is 2.44. The van der Waals surface area contributed by atoms with Crippen molar-refractivity contribution in [2.75, 3.05) is 54.0 Å². The number of fused-ring (bicyclic) bond motifs is 8. The average Bonchev–Trinajstić information content (AvgIpc) is 3.84. The van der Waals surface area contributed by atoms with E-state index in [9.17, 15) is 9.59 Å². The number of amides is 2. The van der Waals surface area contributed by atoms with Crippen molar-refractivity contribution in [2.45, 2.75) is 147 Å². The number of carbonyl (C=O) groups excluding carboxylic acids is 2. The Kier molecular flexibility index (Phi) is 15.0. The van der Waals surface area contributed by atoms with Crippen LogP contribution in [0.15, 0.2) is 89.9 Å². The molecule has 5 aromatic rings. The van der Waals surface area contributed by atoms with Crippen LogP contribution in [0.2, 0.25) is 0 Å². The summed E-state index contributed by atoms with van der Waals surface area (Å²) in [6, 6.07) is 26.9. The van der Waals surface area contributed by atoms with Crippen LogP contribution in [-0.2, 0) is 35.5 Å². The van der Waals surface area contributed by atoms with Gasteiger partial charge in [0.25, 0.3) is 11.8 Å². The number of aromatic nitrogens is 1. The maximum Gasteiger partial charge on any atom is 0.261 e. The average molecular weight is 1050 g/mol. The molecular weight excluding hydrogens is 979 g/mol. The lowest BCUT2D eigenvalue weighted by molar-refractivity contribution is -0.0473. The fourth-order valence-electron chi connectivity index (χ4n) is 11.3. The molecule has 4 aromatic carbocycles. The first-order valence-electron chi connectivity index (χ1n) is 26.2. The Bertz CT molecular complexity index is 3030. The van der Waals surface area contributed by atoms with Crippen LogP contribution in [0.5, 0.6) is 23.0 Å². The molecule has 76 heavy (non-hydrogen) atoms. The summed E-state index contributed by atoms with van der Waals surface area (Å²) in [5, 5.41) is 3.55. The Balaban J connectivity index is 1.06. The van der Waals surface area contributed by atoms with Gasteiger partial charge in [0.15, 0.2) is 23.0 Å². The topological polar surface area (TPSA) is 163 Å². The number of anilines is 4. The first-order chi connectivity index (χ1) is 35.8. The predicted octanol–water partition coefficient (Wildman–Crippen LogP) is 10.9. The van der Waals surface area contributed by atoms with Gasteiger partial charge in [-0.25, -0.2) is 0 Å². The lowest BCUT2D eigenvalue weighted by atomic mass is 9.89. The van der Waals surface area contributed by atoms with Crippen molar-refractivity contribution in [1.29, 1.82) is 0 Å². The molecule has 3 N–H and O–H groups in total. The zero-order valence-electron chi connectivity index (χ0n) is 46.2. The van der Waals surface area contributed by atoms with Gasteiger partial charge in [-0.3, -0.25) is 24.5 Å². The maximum absolute atomic E-state index is 14.3. The smallest absolute Gasteiger partial charge is 0.261 e. The van der Waals surface area contributed by atoms with E-state index in [0.717, 1.165) is 34.6 Å². The molecule has 0 radical (unpaired) electrons. The quantitative estimate of drug-likeness (QED) is 0.0531. The minimum absolute atomic E-state index is 0.0199. The number of hydrogen-bond donors (Lipinski definition) is 3. The lowest BCUT2D eigenvalue weighted by Gasteiger charge is -2.51. The SMILES string of the molecule is COc1cc2c(cc1OCc1cc(N(C(C)(C)CCOC(C)(N)CC(C)(C)S)C(C)(C)COC(C)(C)C)cc(COc3cc4c(cc3OC)C(=O)N3c5ccccc5C[C@H]3CN4)n1)N=C[C@@H]1Cc3ccccc3N1C2=O. The third-order valence-electron chi connectivity index (χ3n) is 14.4. The van der Waals surface area contributed by atoms with E-state index in [1.54, 1.807) is 32.4 Å². The van der Waals surface area contributed by atoms with E-state index in [2.05, 4.69) is 70.8 Å². The van der Waals surface area contributed by atoms with E-state index < -0.39 is 22.4 Å². The monoisotopic (exact) mass is 1050 g/mol. The Morgan fingerprint density at radius 2 is 1.29 bits per heavy atom. The summed E-state index contributed by atoms with van der Waals surface area (Å²) < 4.78 is 37.9. The molecule has 0 fully saturated rings. The second-order valence-electron chi connectivity index (χ2n) is 23.6. The molecule has 0 saturated carbocycles. The summed E-state index contributed by atoms with van der Waals surface area (Å²) in [7, 11) is 3.13. The Morgan fingerprint density at radius 1 is 0.711 bits per heavy atom. The minimum atomic E-state index is -0.901. The Hall–Kier alpha value is -6.33. The molecule has 404 valence electrons. The van der Waals surface area contributed by atoms with E-state index in [0.29, 0.717) is 95.9 Å². The number of thiol groups is 1. The summed E-state index contributed by atoms with van der Waals surface area (Å²) in [6.45, 7) is 22.3. The van der Waals surface area contributed by atoms with Gasteiger partial charge >= 0.3 is 0 Å². The third kappa shape index (κ3) is 11.7. The maximum atomic E-state index is 14.3. The van der Waals surface area contributed by atoms with Crippen molar-refractivity contribution in [3.8, 4) is 23.0 Å². The molecule has 16 heteroatoms. The number of pyridine rings is 1. The van der Waals surface area contributed by atoms with Gasteiger partial charge in [-0.15, -0.1) is 0 Å². The molecule has 5 heterocycles. The van der Waals surface area contributed by atoms with E-state index in [1.807, 2.05) is 91.4 Å². The summed E-state index contributed by atoms with van der Waals surface area (Å²) in [4.78, 5) is 44.7. The van der Waals surface area contributed by atoms with Gasteiger partial charge < -0.3 is 49.3 Å². The number of nitrogens with zero attached hydrogens (tertiary/aromatic N) is 5. The molecule has 0 aliphatic carbocycles. The van der Waals surface area contributed by atoms with Crippen molar-refractivity contribution in [3.63, 3.8) is 0 Å². The molecule has 0 bridgehead atoms. The molecule has 1 unspecified atom stereocenters. The molecule has 4 aliphatic rings. The highest BCUT2D eigenvalue weighted by Gasteiger charge is 2.42. The highest BCUT2D eigenvalue weighted by molar-refractivity contribution is 7.81.